The Bertz CT molecular complexity index is 2240. The van der Waals surface area contributed by atoms with E-state index >= 15 is 0 Å². The van der Waals surface area contributed by atoms with Crippen molar-refractivity contribution < 1.29 is 15.6 Å². The van der Waals surface area contributed by atoms with E-state index in [-0.39, 0.29) is 7.25 Å². The van der Waals surface area contributed by atoms with E-state index in [1.54, 1.807) is 20.7 Å². The first kappa shape index (κ1) is 52.3. The van der Waals surface area contributed by atoms with Crippen LogP contribution in [0.2, 0.25) is 91.7 Å². The molecular weight excluding hydrogens is 975 g/mol. The first-order valence-corrected chi connectivity index (χ1v) is 55.5. The molecule has 347 valence electrons. The average Bonchev–Trinajstić information content (AvgIpc) is 3.79. The number of allylic oxidation sites excluding steroid dienone is 2. The van der Waals surface area contributed by atoms with Crippen molar-refractivity contribution in [2.75, 3.05) is 0 Å². The molecule has 4 aromatic carbocycles. The third-order valence-electron chi connectivity index (χ3n) is 15.3. The van der Waals surface area contributed by atoms with Gasteiger partial charge in [0, 0.05) is 0 Å². The number of halogens is 2. The fraction of sp³-hybridized carbons (Fsp3) is 0.500. The van der Waals surface area contributed by atoms with E-state index in [0.717, 1.165) is 51.4 Å². The van der Waals surface area contributed by atoms with Crippen LogP contribution in [0, 0.1) is 0 Å². The third kappa shape index (κ3) is 9.86. The zero-order valence-electron chi connectivity index (χ0n) is 43.6. The molecule has 0 saturated heterocycles. The summed E-state index contributed by atoms with van der Waals surface area (Å²) in [6.07, 6.45) is 14.1. The van der Waals surface area contributed by atoms with Gasteiger partial charge in [0.1, 0.15) is 0 Å². The van der Waals surface area contributed by atoms with Crippen molar-refractivity contribution in [3.8, 4) is 22.3 Å². The summed E-state index contributed by atoms with van der Waals surface area (Å²) < 4.78 is 0.201. The standard InChI is InChI=1S/2C27H39Si2.C2H7Si.2ClH.Zr/c2*1-9-11-12-20-15-22-14-13-21(10-2)27(26(22)16-20)23-17-24(28(3,4)5)19-25(18-23)29(6,7)8;1-3-2;;;/h2*13-19H,9-12H2,1-8H3;3H,1-2H3;2*1H;/q;;;;;+2/p-2. The minimum atomic E-state index is -5.07. The fourth-order valence-corrected chi connectivity index (χ4v) is 47.5. The minimum absolute atomic E-state index is 0.100. The Morgan fingerprint density at radius 1 is 0.484 bits per heavy atom. The molecule has 0 bridgehead atoms. The van der Waals surface area contributed by atoms with E-state index in [1.807, 2.05) is 0 Å². The molecule has 2 unspecified atom stereocenters. The van der Waals surface area contributed by atoms with Crippen molar-refractivity contribution in [2.24, 2.45) is 0 Å². The number of unbranched alkanes of at least 4 members (excludes halogenated alkanes) is 2. The predicted molar refractivity (Wildman–Crippen MR) is 306 cm³/mol. The molecule has 0 spiro atoms. The van der Waals surface area contributed by atoms with Crippen molar-refractivity contribution in [1.29, 1.82) is 0 Å². The molecule has 0 radical (unpaired) electrons. The van der Waals surface area contributed by atoms with Gasteiger partial charge in [-0.05, 0) is 0 Å². The summed E-state index contributed by atoms with van der Waals surface area (Å²) >= 11 is -5.07. The maximum atomic E-state index is 9.21. The second-order valence-corrected chi connectivity index (χ2v) is 87.2. The predicted octanol–water partition coefficient (Wildman–Crippen LogP) is 16.3. The maximum absolute atomic E-state index is 9.21. The van der Waals surface area contributed by atoms with Crippen LogP contribution in [0.5, 0.6) is 0 Å². The van der Waals surface area contributed by atoms with Crippen LogP contribution in [0.3, 0.4) is 0 Å². The Labute approximate surface area is 405 Å². The number of benzene rings is 4. The van der Waals surface area contributed by atoms with Gasteiger partial charge in [-0.15, -0.1) is 0 Å². The molecule has 0 nitrogen and oxygen atoms in total. The van der Waals surface area contributed by atoms with Gasteiger partial charge in [0.05, 0.1) is 0 Å². The van der Waals surface area contributed by atoms with Crippen LogP contribution in [0.1, 0.15) is 107 Å². The first-order valence-electron chi connectivity index (χ1n) is 25.2. The van der Waals surface area contributed by atoms with Gasteiger partial charge in [-0.1, -0.05) is 0 Å². The summed E-state index contributed by atoms with van der Waals surface area (Å²) in [7, 11) is 11.9. The average molecular weight is 1060 g/mol. The van der Waals surface area contributed by atoms with Crippen molar-refractivity contribution in [3.63, 3.8) is 0 Å². The number of hydrogen-bond donors (Lipinski definition) is 0. The Balaban J connectivity index is 1.70. The van der Waals surface area contributed by atoms with Crippen LogP contribution in [0.15, 0.2) is 71.8 Å². The van der Waals surface area contributed by atoms with E-state index in [4.69, 9.17) is 0 Å². The number of rotatable bonds is 17. The number of aryl methyl sites for hydroxylation is 2. The molecule has 0 amide bonds. The zero-order chi connectivity index (χ0) is 47.6. The van der Waals surface area contributed by atoms with Crippen molar-refractivity contribution >= 4 is 88.1 Å². The van der Waals surface area contributed by atoms with Crippen LogP contribution in [-0.4, -0.2) is 38.2 Å². The second kappa shape index (κ2) is 19.0. The fourth-order valence-electron chi connectivity index (χ4n) is 11.0. The Hall–Kier alpha value is -1.09. The van der Waals surface area contributed by atoms with E-state index in [9.17, 15) is 17.0 Å². The van der Waals surface area contributed by atoms with Gasteiger partial charge in [-0.3, -0.25) is 0 Å². The normalized spacial score (nSPS) is 17.6. The number of fused-ring (bicyclic) bond motifs is 2. The quantitative estimate of drug-likeness (QED) is 0.0925. The Morgan fingerprint density at radius 2 is 0.797 bits per heavy atom. The molecule has 0 heterocycles. The molecular formula is C56H85Cl2Si5Zr. The van der Waals surface area contributed by atoms with Crippen LogP contribution >= 0.6 is 17.0 Å². The molecule has 0 saturated carbocycles. The summed E-state index contributed by atoms with van der Waals surface area (Å²) in [5, 5.41) is 6.29. The SMILES string of the molecule is CCCCC1=Cc2c(ccc(CC)c2-c2cc([Si](C)(C)C)cc([Si](C)(C)C)c2)[CH]1[Zr]([Cl])([Cl])([CH]1C(CCCC)=Cc2c1ccc(CC)c2-c1cc([Si](C)(C)C)cc([Si](C)(C)C)c1)[SiH](C)C. The van der Waals surface area contributed by atoms with Crippen LogP contribution in [0.4, 0.5) is 0 Å². The van der Waals surface area contributed by atoms with Gasteiger partial charge < -0.3 is 0 Å². The van der Waals surface area contributed by atoms with Gasteiger partial charge in [-0.25, -0.2) is 0 Å². The van der Waals surface area contributed by atoms with Crippen LogP contribution < -0.4 is 20.7 Å². The zero-order valence-corrected chi connectivity index (χ0v) is 52.7. The monoisotopic (exact) mass is 1060 g/mol. The summed E-state index contributed by atoms with van der Waals surface area (Å²) in [6, 6.07) is 25.6. The van der Waals surface area contributed by atoms with E-state index in [2.05, 4.69) is 192 Å². The Kier molecular flexibility index (Phi) is 15.5. The molecule has 0 aliphatic heterocycles. The molecule has 2 aliphatic rings. The van der Waals surface area contributed by atoms with Crippen LogP contribution in [0.25, 0.3) is 34.4 Å². The molecule has 4 aromatic rings. The molecule has 2 aliphatic carbocycles. The first-order chi connectivity index (χ1) is 29.6. The summed E-state index contributed by atoms with van der Waals surface area (Å²) in [5.74, 6) is -1.74. The van der Waals surface area contributed by atoms with Gasteiger partial charge in [0.25, 0.3) is 0 Å². The molecule has 0 N–H and O–H groups in total. The molecule has 2 atom stereocenters. The van der Waals surface area contributed by atoms with Gasteiger partial charge >= 0.3 is 409 Å². The third-order valence-corrected chi connectivity index (χ3v) is 75.2. The van der Waals surface area contributed by atoms with Gasteiger partial charge in [0.15, 0.2) is 0 Å². The summed E-state index contributed by atoms with van der Waals surface area (Å²) in [5.41, 5.74) is 17.5. The Morgan fingerprint density at radius 3 is 1.05 bits per heavy atom. The van der Waals surface area contributed by atoms with E-state index < -0.39 is 53.8 Å². The topological polar surface area (TPSA) is 0 Å². The van der Waals surface area contributed by atoms with Crippen molar-refractivity contribution in [3.05, 3.63) is 105 Å². The second-order valence-electron chi connectivity index (χ2n) is 24.4. The van der Waals surface area contributed by atoms with Gasteiger partial charge in [0.2, 0.25) is 0 Å². The van der Waals surface area contributed by atoms with Crippen molar-refractivity contribution in [2.45, 2.75) is 178 Å². The molecule has 0 fully saturated rings. The summed E-state index contributed by atoms with van der Waals surface area (Å²) in [6.45, 7) is 44.7. The molecule has 0 aromatic heterocycles. The molecule has 6 rings (SSSR count). The van der Waals surface area contributed by atoms with Crippen LogP contribution in [-0.2, 0) is 28.4 Å². The molecule has 8 heteroatoms. The van der Waals surface area contributed by atoms with Crippen molar-refractivity contribution in [1.82, 2.24) is 0 Å². The van der Waals surface area contributed by atoms with Gasteiger partial charge in [-0.2, -0.15) is 0 Å². The van der Waals surface area contributed by atoms with E-state index in [0.29, 0.717) is 0 Å². The summed E-state index contributed by atoms with van der Waals surface area (Å²) in [4.78, 5) is 0. The number of hydrogen-bond acceptors (Lipinski definition) is 0. The van der Waals surface area contributed by atoms with E-state index in [1.165, 1.54) is 66.8 Å². The molecule has 64 heavy (non-hydrogen) atoms.